The molecule has 2 heteroatoms. The maximum atomic E-state index is 2.63. The Balaban J connectivity index is 0.00000129. The summed E-state index contributed by atoms with van der Waals surface area (Å²) < 4.78 is 0. The molecule has 202 valence electrons. The number of hydrogen-bond acceptors (Lipinski definition) is 0. The van der Waals surface area contributed by atoms with Crippen LogP contribution in [0.5, 0.6) is 0 Å². The second kappa shape index (κ2) is 12.0. The molecule has 0 unspecified atom stereocenters. The average Bonchev–Trinajstić information content (AvgIpc) is 3.57. The quantitative estimate of drug-likeness (QED) is 0.132. The van der Waals surface area contributed by atoms with Crippen molar-refractivity contribution in [2.75, 3.05) is 0 Å². The summed E-state index contributed by atoms with van der Waals surface area (Å²) in [6.07, 6.45) is 2.07. The van der Waals surface area contributed by atoms with Gasteiger partial charge in [-0.05, 0) is 23.6 Å². The predicted octanol–water partition coefficient (Wildman–Crippen LogP) is 8.86. The first-order chi connectivity index (χ1) is 18.6. The topological polar surface area (TPSA) is 0 Å². The third-order valence-electron chi connectivity index (χ3n) is 8.84. The Hall–Kier alpha value is -3.06. The average molecular weight is 626 g/mol. The van der Waals surface area contributed by atoms with Crippen molar-refractivity contribution in [2.24, 2.45) is 0 Å². The maximum Gasteiger partial charge on any atom is 4.00 e. The summed E-state index contributed by atoms with van der Waals surface area (Å²) in [4.78, 5) is 0. The van der Waals surface area contributed by atoms with E-state index in [1.807, 2.05) is 0 Å². The first-order valence-corrected chi connectivity index (χ1v) is 16.4. The van der Waals surface area contributed by atoms with Gasteiger partial charge in [0, 0.05) is 8.07 Å². The number of hydrogen-bond donors (Lipinski definition) is 0. The van der Waals surface area contributed by atoms with Crippen LogP contribution >= 0.6 is 0 Å². The summed E-state index contributed by atoms with van der Waals surface area (Å²) in [6, 6.07) is 43.6. The zero-order valence-corrected chi connectivity index (χ0v) is 28.3. The molecule has 7 aromatic carbocycles. The van der Waals surface area contributed by atoms with E-state index in [4.69, 9.17) is 0 Å². The third kappa shape index (κ3) is 4.61. The van der Waals surface area contributed by atoms with Gasteiger partial charge in [0.1, 0.15) is 0 Å². The molecule has 7 rings (SSSR count). The van der Waals surface area contributed by atoms with Crippen molar-refractivity contribution in [1.29, 1.82) is 0 Å². The summed E-state index contributed by atoms with van der Waals surface area (Å²) in [6.45, 7) is 7.30. The van der Waals surface area contributed by atoms with E-state index in [1.54, 1.807) is 10.4 Å². The van der Waals surface area contributed by atoms with Crippen molar-refractivity contribution in [1.82, 2.24) is 0 Å². The molecule has 0 radical (unpaired) electrons. The molecule has 7 aromatic rings. The molecule has 0 aliphatic rings. The summed E-state index contributed by atoms with van der Waals surface area (Å²) in [5.74, 6) is 0. The first-order valence-electron chi connectivity index (χ1n) is 13.9. The summed E-state index contributed by atoms with van der Waals surface area (Å²) >= 11 is 0. The molecular weight excluding hydrogens is 588 g/mol. The Morgan fingerprint density at radius 2 is 0.951 bits per heavy atom. The second-order valence-electron chi connectivity index (χ2n) is 10.8. The van der Waals surface area contributed by atoms with E-state index >= 15 is 0 Å². The number of rotatable bonds is 5. The van der Waals surface area contributed by atoms with Crippen molar-refractivity contribution in [3.8, 4) is 0 Å². The third-order valence-corrected chi connectivity index (χ3v) is 13.5. The fraction of sp³-hybridized carbons (Fsp3) is 0.128. The van der Waals surface area contributed by atoms with Gasteiger partial charge in [0.15, 0.2) is 0 Å². The van der Waals surface area contributed by atoms with Crippen molar-refractivity contribution in [2.45, 2.75) is 33.2 Å². The van der Waals surface area contributed by atoms with E-state index in [1.165, 1.54) is 59.4 Å². The van der Waals surface area contributed by atoms with Gasteiger partial charge in [0.2, 0.25) is 0 Å². The van der Waals surface area contributed by atoms with Crippen molar-refractivity contribution in [3.05, 3.63) is 141 Å². The van der Waals surface area contributed by atoms with Gasteiger partial charge in [-0.1, -0.05) is 127 Å². The van der Waals surface area contributed by atoms with Crippen molar-refractivity contribution < 1.29 is 26.2 Å². The first kappa shape index (κ1) is 30.9. The number of benzene rings is 5. The van der Waals surface area contributed by atoms with E-state index in [0.717, 1.165) is 12.8 Å². The largest absolute Gasteiger partial charge is 4.00 e. The fourth-order valence-corrected chi connectivity index (χ4v) is 12.1. The smallest absolute Gasteiger partial charge is 0.358 e. The Bertz CT molecular complexity index is 1830. The zero-order valence-electron chi connectivity index (χ0n) is 24.9. The van der Waals surface area contributed by atoms with Crippen LogP contribution in [0, 0.1) is 14.9 Å². The maximum absolute atomic E-state index is 2.63. The molecule has 0 N–H and O–H groups in total. The Morgan fingerprint density at radius 3 is 1.39 bits per heavy atom. The second-order valence-corrected chi connectivity index (χ2v) is 14.6. The minimum Gasteiger partial charge on any atom is -0.358 e. The molecule has 0 aliphatic carbocycles. The van der Waals surface area contributed by atoms with Gasteiger partial charge >= 0.3 is 26.2 Å². The van der Waals surface area contributed by atoms with Crippen LogP contribution in [-0.2, 0) is 39.0 Å². The van der Waals surface area contributed by atoms with Gasteiger partial charge in [0.25, 0.3) is 0 Å². The molecule has 0 saturated heterocycles. The molecule has 0 aliphatic heterocycles. The van der Waals surface area contributed by atoms with Crippen LogP contribution < -0.4 is 15.6 Å². The van der Waals surface area contributed by atoms with Gasteiger partial charge in [-0.25, -0.2) is 0 Å². The Morgan fingerprint density at radius 1 is 0.537 bits per heavy atom. The van der Waals surface area contributed by atoms with Gasteiger partial charge in [-0.2, -0.15) is 10.4 Å². The summed E-state index contributed by atoms with van der Waals surface area (Å²) in [5.41, 5.74) is 3.01. The van der Waals surface area contributed by atoms with Crippen molar-refractivity contribution >= 4 is 66.7 Å². The van der Waals surface area contributed by atoms with Crippen LogP contribution in [0.4, 0.5) is 0 Å². The minimum atomic E-state index is -2.47. The minimum absolute atomic E-state index is 0. The normalized spacial score (nSPS) is 11.4. The van der Waals surface area contributed by atoms with E-state index < -0.39 is 8.07 Å². The molecule has 0 aromatic heterocycles. The van der Waals surface area contributed by atoms with Crippen LogP contribution in [0.25, 0.3) is 43.1 Å². The monoisotopic (exact) mass is 624 g/mol. The van der Waals surface area contributed by atoms with Gasteiger partial charge < -0.3 is 14.9 Å². The van der Waals surface area contributed by atoms with E-state index in [-0.39, 0.29) is 41.1 Å². The predicted molar refractivity (Wildman–Crippen MR) is 183 cm³/mol. The molecule has 41 heavy (non-hydrogen) atoms. The molecule has 0 atom stereocenters. The van der Waals surface area contributed by atoms with Crippen LogP contribution in [0.15, 0.2) is 115 Å². The molecule has 0 saturated carbocycles. The van der Waals surface area contributed by atoms with Gasteiger partial charge in [0.05, 0.1) is 0 Å². The Labute approximate surface area is 265 Å². The number of aryl methyl sites for hydroxylation is 2. The molecule has 0 nitrogen and oxygen atoms in total. The Kier molecular flexibility index (Phi) is 9.07. The van der Waals surface area contributed by atoms with Gasteiger partial charge in [-0.15, -0.1) is 56.9 Å². The SMILES string of the molecule is CCc1[cH-]c2ccc3ccccc3c2c1[Si](C)(c1ccccc1)c1c(CC)[cH-]c2ccc3ccccc3c12.[CH3-].[CH3-].[Zr+4]. The summed E-state index contributed by atoms with van der Waals surface area (Å²) in [5, 5.41) is 15.8. The molecule has 0 fully saturated rings. The van der Waals surface area contributed by atoms with Crippen LogP contribution in [0.1, 0.15) is 25.0 Å². The molecule has 0 amide bonds. The van der Waals surface area contributed by atoms with Crippen LogP contribution in [-0.4, -0.2) is 8.07 Å². The van der Waals surface area contributed by atoms with Crippen LogP contribution in [0.2, 0.25) is 6.55 Å². The van der Waals surface area contributed by atoms with Crippen LogP contribution in [0.3, 0.4) is 0 Å². The van der Waals surface area contributed by atoms with E-state index in [0.29, 0.717) is 0 Å². The summed E-state index contributed by atoms with van der Waals surface area (Å²) in [7, 11) is -2.47. The standard InChI is InChI=1S/C37H32Si.2CH3.Zr/c1-4-25-23-29-21-19-27-13-9-11-17-32(27)34(29)36(25)38(3,31-15-7-6-8-16-31)37-26(5-2)24-30-22-20-28-14-10-12-18-33(28)35(30)37;;;/h6-24H,4-5H2,1-3H3;2*1H3;/q-2;2*-1;+4. The molecule has 0 spiro atoms. The number of fused-ring (bicyclic) bond motifs is 6. The fourth-order valence-electron chi connectivity index (χ4n) is 7.10. The molecule has 0 heterocycles. The van der Waals surface area contributed by atoms with Crippen molar-refractivity contribution in [3.63, 3.8) is 0 Å². The zero-order chi connectivity index (χ0) is 25.9. The van der Waals surface area contributed by atoms with Gasteiger partial charge in [-0.3, -0.25) is 0 Å². The molecular formula is C39H38SiZr. The van der Waals surface area contributed by atoms with E-state index in [2.05, 4.69) is 136 Å². The van der Waals surface area contributed by atoms with E-state index in [9.17, 15) is 0 Å². The molecule has 0 bridgehead atoms.